The zero-order valence-electron chi connectivity index (χ0n) is 13.3. The number of thioether (sulfide) groups is 1. The van der Waals surface area contributed by atoms with Crippen LogP contribution < -0.4 is 10.9 Å². The summed E-state index contributed by atoms with van der Waals surface area (Å²) >= 11 is 7.47. The van der Waals surface area contributed by atoms with Crippen molar-refractivity contribution in [1.29, 1.82) is 0 Å². The fraction of sp³-hybridized carbons (Fsp3) is 0.167. The molecule has 0 radical (unpaired) electrons. The molecule has 1 heterocycles. The van der Waals surface area contributed by atoms with Crippen LogP contribution in [0.2, 0.25) is 5.02 Å². The fourth-order valence-corrected chi connectivity index (χ4v) is 3.22. The maximum absolute atomic E-state index is 12.3. The summed E-state index contributed by atoms with van der Waals surface area (Å²) in [5.41, 5.74) is -0.260. The number of amides is 1. The smallest absolute Gasteiger partial charge is 0.275 e. The van der Waals surface area contributed by atoms with Crippen molar-refractivity contribution in [3.63, 3.8) is 0 Å². The minimum absolute atomic E-state index is 0.0880. The summed E-state index contributed by atoms with van der Waals surface area (Å²) in [5.74, 6) is 0.495. The molecule has 0 bridgehead atoms. The average Bonchev–Trinajstić information content (AvgIpc) is 2.63. The Kier molecular flexibility index (Phi) is 5.73. The molecule has 3 aromatic rings. The summed E-state index contributed by atoms with van der Waals surface area (Å²) in [6.07, 6.45) is 1.60. The molecule has 1 aromatic heterocycles. The molecule has 1 N–H and O–H groups in total. The summed E-state index contributed by atoms with van der Waals surface area (Å²) < 4.78 is 1.18. The van der Waals surface area contributed by atoms with Crippen LogP contribution in [0, 0.1) is 0 Å². The van der Waals surface area contributed by atoms with Gasteiger partial charge in [0.25, 0.3) is 5.56 Å². The van der Waals surface area contributed by atoms with Gasteiger partial charge >= 0.3 is 0 Å². The van der Waals surface area contributed by atoms with Crippen LogP contribution in [0.3, 0.4) is 0 Å². The topological polar surface area (TPSA) is 64.0 Å². The number of rotatable bonds is 6. The highest BCUT2D eigenvalue weighted by Crippen LogP contribution is 2.19. The number of nitrogens with one attached hydrogen (secondary N) is 1. The molecule has 0 saturated carbocycles. The molecule has 128 valence electrons. The molecular formula is C18H16ClN3O2S. The summed E-state index contributed by atoms with van der Waals surface area (Å²) in [5, 5.41) is 8.88. The van der Waals surface area contributed by atoms with Crippen LogP contribution in [0.5, 0.6) is 0 Å². The lowest BCUT2D eigenvalue weighted by Crippen LogP contribution is -2.34. The second-order valence-electron chi connectivity index (χ2n) is 5.35. The summed E-state index contributed by atoms with van der Waals surface area (Å²) in [4.78, 5) is 25.4. The average molecular weight is 374 g/mol. The van der Waals surface area contributed by atoms with Crippen LogP contribution in [-0.2, 0) is 11.3 Å². The lowest BCUT2D eigenvalue weighted by atomic mass is 10.2. The quantitative estimate of drug-likeness (QED) is 0.533. The first kappa shape index (κ1) is 17.5. The Balaban J connectivity index is 1.52. The Labute approximate surface area is 154 Å². The van der Waals surface area contributed by atoms with E-state index in [1.54, 1.807) is 30.1 Å². The Morgan fingerprint density at radius 2 is 1.92 bits per heavy atom. The summed E-state index contributed by atoms with van der Waals surface area (Å²) in [7, 11) is 0. The van der Waals surface area contributed by atoms with Gasteiger partial charge in [0.05, 0.1) is 11.6 Å². The second kappa shape index (κ2) is 8.18. The molecule has 0 saturated heterocycles. The van der Waals surface area contributed by atoms with Gasteiger partial charge in [-0.3, -0.25) is 9.59 Å². The lowest BCUT2D eigenvalue weighted by molar-refractivity contribution is -0.121. The van der Waals surface area contributed by atoms with Crippen LogP contribution in [-0.4, -0.2) is 28.0 Å². The number of carbonyl (C=O) groups excluding carboxylic acids is 1. The number of nitrogens with zero attached hydrogens (tertiary/aromatic N) is 2. The number of hydrogen-bond acceptors (Lipinski definition) is 4. The molecule has 3 rings (SSSR count). The van der Waals surface area contributed by atoms with Gasteiger partial charge < -0.3 is 5.32 Å². The van der Waals surface area contributed by atoms with Crippen LogP contribution in [0.4, 0.5) is 0 Å². The van der Waals surface area contributed by atoms with Gasteiger partial charge in [0.15, 0.2) is 0 Å². The highest BCUT2D eigenvalue weighted by Gasteiger charge is 2.08. The number of aromatic nitrogens is 2. The second-order valence-corrected chi connectivity index (χ2v) is 6.95. The molecule has 0 unspecified atom stereocenters. The SMILES string of the molecule is O=C(Cn1ncc2ccccc2c1=O)NCCSc1ccc(Cl)cc1. The number of hydrogen-bond donors (Lipinski definition) is 1. The van der Waals surface area contributed by atoms with Gasteiger partial charge in [0, 0.05) is 27.6 Å². The third kappa shape index (κ3) is 4.61. The van der Waals surface area contributed by atoms with Crippen molar-refractivity contribution in [2.75, 3.05) is 12.3 Å². The third-order valence-electron chi connectivity index (χ3n) is 3.56. The van der Waals surface area contributed by atoms with E-state index in [1.165, 1.54) is 4.68 Å². The molecule has 1 amide bonds. The standard InChI is InChI=1S/C18H16ClN3O2S/c19-14-5-7-15(8-6-14)25-10-9-20-17(23)12-22-18(24)16-4-2-1-3-13(16)11-21-22/h1-8,11H,9-10,12H2,(H,20,23). The normalized spacial score (nSPS) is 10.8. The van der Waals surface area contributed by atoms with Crippen molar-refractivity contribution < 1.29 is 4.79 Å². The first-order chi connectivity index (χ1) is 12.1. The molecule has 0 fully saturated rings. The zero-order chi connectivity index (χ0) is 17.6. The van der Waals surface area contributed by atoms with Crippen molar-refractivity contribution in [2.45, 2.75) is 11.4 Å². The molecule has 7 heteroatoms. The number of benzene rings is 2. The molecule has 2 aromatic carbocycles. The first-order valence-corrected chi connectivity index (χ1v) is 9.10. The molecule has 0 atom stereocenters. The minimum atomic E-state index is -0.260. The first-order valence-electron chi connectivity index (χ1n) is 7.73. The predicted octanol–water partition coefficient (Wildman–Crippen LogP) is 2.96. The van der Waals surface area contributed by atoms with Crippen molar-refractivity contribution in [3.05, 3.63) is 70.1 Å². The molecular weight excluding hydrogens is 358 g/mol. The van der Waals surface area contributed by atoms with Crippen molar-refractivity contribution >= 4 is 40.0 Å². The molecule has 25 heavy (non-hydrogen) atoms. The van der Waals surface area contributed by atoms with Gasteiger partial charge in [0.2, 0.25) is 5.91 Å². The molecule has 0 aliphatic carbocycles. The van der Waals surface area contributed by atoms with Crippen LogP contribution >= 0.6 is 23.4 Å². The van der Waals surface area contributed by atoms with E-state index in [0.29, 0.717) is 17.0 Å². The van der Waals surface area contributed by atoms with Crippen molar-refractivity contribution in [2.24, 2.45) is 0 Å². The van der Waals surface area contributed by atoms with E-state index < -0.39 is 0 Å². The maximum Gasteiger partial charge on any atom is 0.275 e. The van der Waals surface area contributed by atoms with E-state index in [0.717, 1.165) is 16.0 Å². The van der Waals surface area contributed by atoms with Crippen molar-refractivity contribution in [3.8, 4) is 0 Å². The fourth-order valence-electron chi connectivity index (χ4n) is 2.32. The summed E-state index contributed by atoms with van der Waals surface area (Å²) in [6.45, 7) is 0.420. The van der Waals surface area contributed by atoms with E-state index in [1.807, 2.05) is 36.4 Å². The van der Waals surface area contributed by atoms with Crippen LogP contribution in [0.25, 0.3) is 10.8 Å². The Bertz CT molecular complexity index is 941. The largest absolute Gasteiger partial charge is 0.354 e. The minimum Gasteiger partial charge on any atom is -0.354 e. The third-order valence-corrected chi connectivity index (χ3v) is 4.83. The number of carbonyl (C=O) groups is 1. The zero-order valence-corrected chi connectivity index (χ0v) is 14.9. The van der Waals surface area contributed by atoms with Crippen LogP contribution in [0.15, 0.2) is 64.4 Å². The maximum atomic E-state index is 12.3. The predicted molar refractivity (Wildman–Crippen MR) is 101 cm³/mol. The molecule has 0 aliphatic heterocycles. The van der Waals surface area contributed by atoms with Gasteiger partial charge in [-0.25, -0.2) is 4.68 Å². The molecule has 5 nitrogen and oxygen atoms in total. The lowest BCUT2D eigenvalue weighted by Gasteiger charge is -2.07. The Morgan fingerprint density at radius 3 is 2.72 bits per heavy atom. The van der Waals surface area contributed by atoms with Gasteiger partial charge in [-0.15, -0.1) is 11.8 Å². The van der Waals surface area contributed by atoms with Gasteiger partial charge in [-0.1, -0.05) is 29.8 Å². The monoisotopic (exact) mass is 373 g/mol. The Morgan fingerprint density at radius 1 is 1.16 bits per heavy atom. The van der Waals surface area contributed by atoms with Crippen molar-refractivity contribution in [1.82, 2.24) is 15.1 Å². The summed E-state index contributed by atoms with van der Waals surface area (Å²) in [6, 6.07) is 14.7. The molecule has 0 spiro atoms. The highest BCUT2D eigenvalue weighted by atomic mass is 35.5. The van der Waals surface area contributed by atoms with Crippen LogP contribution in [0.1, 0.15) is 0 Å². The molecule has 0 aliphatic rings. The number of halogens is 1. The van der Waals surface area contributed by atoms with E-state index in [-0.39, 0.29) is 18.0 Å². The van der Waals surface area contributed by atoms with Gasteiger partial charge in [-0.2, -0.15) is 5.10 Å². The van der Waals surface area contributed by atoms with Gasteiger partial charge in [0.1, 0.15) is 6.54 Å². The van der Waals surface area contributed by atoms with E-state index in [2.05, 4.69) is 10.4 Å². The van der Waals surface area contributed by atoms with Gasteiger partial charge in [-0.05, 0) is 30.3 Å². The van der Waals surface area contributed by atoms with E-state index in [9.17, 15) is 9.59 Å². The Hall–Kier alpha value is -2.31. The van der Waals surface area contributed by atoms with E-state index in [4.69, 9.17) is 11.6 Å². The number of fused-ring (bicyclic) bond motifs is 1. The van der Waals surface area contributed by atoms with E-state index >= 15 is 0 Å². The highest BCUT2D eigenvalue weighted by molar-refractivity contribution is 7.99.